The molecule has 7 unspecified atom stereocenters. The molecule has 0 aliphatic carbocycles. The summed E-state index contributed by atoms with van der Waals surface area (Å²) in [5.74, 6) is -0.162. The number of hydrogen-bond donors (Lipinski definition) is 6. The van der Waals surface area contributed by atoms with Crippen LogP contribution in [0.3, 0.4) is 0 Å². The van der Waals surface area contributed by atoms with E-state index in [0.717, 1.165) is 57.8 Å². The van der Waals surface area contributed by atoms with Crippen LogP contribution in [0.5, 0.6) is 0 Å². The van der Waals surface area contributed by atoms with E-state index in [1.54, 1.807) is 6.08 Å². The van der Waals surface area contributed by atoms with Gasteiger partial charge in [0.2, 0.25) is 5.91 Å². The summed E-state index contributed by atoms with van der Waals surface area (Å²) in [5, 5.41) is 54.4. The molecule has 1 rings (SSSR count). The lowest BCUT2D eigenvalue weighted by molar-refractivity contribution is -0.302. The Hall–Kier alpha value is -2.12. The summed E-state index contributed by atoms with van der Waals surface area (Å²) in [4.78, 5) is 25.2. The highest BCUT2D eigenvalue weighted by molar-refractivity contribution is 5.76. The molecule has 1 aliphatic rings. The molecule has 0 aromatic rings. The van der Waals surface area contributed by atoms with Crippen molar-refractivity contribution in [2.75, 3.05) is 19.8 Å². The van der Waals surface area contributed by atoms with Crippen molar-refractivity contribution in [3.05, 3.63) is 36.5 Å². The van der Waals surface area contributed by atoms with E-state index in [4.69, 9.17) is 14.2 Å². The van der Waals surface area contributed by atoms with Crippen molar-refractivity contribution in [1.82, 2.24) is 5.32 Å². The lowest BCUT2D eigenvalue weighted by Gasteiger charge is -2.40. The van der Waals surface area contributed by atoms with Gasteiger partial charge in [0, 0.05) is 12.8 Å². The third-order valence-electron chi connectivity index (χ3n) is 20.0. The third-order valence-corrected chi connectivity index (χ3v) is 20.0. The molecule has 0 saturated carbocycles. The van der Waals surface area contributed by atoms with Crippen molar-refractivity contribution in [1.29, 1.82) is 0 Å². The van der Waals surface area contributed by atoms with Crippen LogP contribution in [-0.4, -0.2) is 100 Å². The van der Waals surface area contributed by atoms with E-state index in [9.17, 15) is 35.1 Å². The Balaban J connectivity index is 1.84. The summed E-state index contributed by atoms with van der Waals surface area (Å²) in [6, 6.07) is -0.806. The van der Waals surface area contributed by atoms with E-state index in [1.807, 2.05) is 6.08 Å². The average molecular weight is 1340 g/mol. The van der Waals surface area contributed by atoms with Crippen molar-refractivity contribution in [3.63, 3.8) is 0 Å². The van der Waals surface area contributed by atoms with E-state index in [0.29, 0.717) is 19.4 Å². The summed E-state index contributed by atoms with van der Waals surface area (Å²) >= 11 is 0. The topological polar surface area (TPSA) is 175 Å². The zero-order valence-electron chi connectivity index (χ0n) is 62.7. The van der Waals surface area contributed by atoms with Gasteiger partial charge in [-0.25, -0.2) is 0 Å². The maximum absolute atomic E-state index is 13.1. The van der Waals surface area contributed by atoms with Crippen molar-refractivity contribution >= 4 is 11.9 Å². The molecule has 11 nitrogen and oxygen atoms in total. The molecule has 0 spiro atoms. The van der Waals surface area contributed by atoms with Gasteiger partial charge in [0.05, 0.1) is 32.0 Å². The van der Waals surface area contributed by atoms with E-state index in [-0.39, 0.29) is 18.5 Å². The molecule has 0 aromatic carbocycles. The predicted molar refractivity (Wildman–Crippen MR) is 403 cm³/mol. The summed E-state index contributed by atoms with van der Waals surface area (Å²) in [5.41, 5.74) is 0. The number of hydrogen-bond acceptors (Lipinski definition) is 10. The van der Waals surface area contributed by atoms with Gasteiger partial charge in [0.15, 0.2) is 6.29 Å². The monoisotopic (exact) mass is 1340 g/mol. The molecule has 1 amide bonds. The maximum atomic E-state index is 13.1. The predicted octanol–water partition coefficient (Wildman–Crippen LogP) is 22.9. The highest BCUT2D eigenvalue weighted by Gasteiger charge is 2.44. The van der Waals surface area contributed by atoms with Gasteiger partial charge >= 0.3 is 5.97 Å². The highest BCUT2D eigenvalue weighted by Crippen LogP contribution is 2.24. The van der Waals surface area contributed by atoms with Crippen LogP contribution < -0.4 is 5.32 Å². The van der Waals surface area contributed by atoms with E-state index in [1.165, 1.54) is 340 Å². The van der Waals surface area contributed by atoms with Crippen LogP contribution in [0.25, 0.3) is 0 Å². The second-order valence-corrected chi connectivity index (χ2v) is 29.2. The normalized spacial score (nSPS) is 17.5. The fourth-order valence-electron chi connectivity index (χ4n) is 13.4. The number of carbonyl (C=O) groups excluding carboxylic acids is 2. The van der Waals surface area contributed by atoms with Gasteiger partial charge in [0.1, 0.15) is 24.4 Å². The lowest BCUT2D eigenvalue weighted by Crippen LogP contribution is -2.60. The Morgan fingerprint density at radius 3 is 1.01 bits per heavy atom. The van der Waals surface area contributed by atoms with E-state index in [2.05, 4.69) is 43.5 Å². The molecule has 95 heavy (non-hydrogen) atoms. The Morgan fingerprint density at radius 2 is 0.674 bits per heavy atom. The number of allylic oxidation sites excluding steroid dienone is 5. The van der Waals surface area contributed by atoms with Gasteiger partial charge in [-0.3, -0.25) is 9.59 Å². The zero-order valence-corrected chi connectivity index (χ0v) is 62.7. The van der Waals surface area contributed by atoms with Crippen molar-refractivity contribution < 1.29 is 49.3 Å². The first-order chi connectivity index (χ1) is 46.7. The smallest absolute Gasteiger partial charge is 0.305 e. The SMILES string of the molecule is CCCCCCCCC/C=C\CCCCCCCCCC(=O)OCCCCCCCCCCCCCCCCCCCC/C=C\CCCCCCCCCCCCCCCCCCCC(=O)NC(COC1OC(CO)C(O)C(O)C1O)C(O)/C=C/CCCCCCCCCC. The van der Waals surface area contributed by atoms with Gasteiger partial charge in [-0.15, -0.1) is 0 Å². The van der Waals surface area contributed by atoms with Crippen LogP contribution in [0.4, 0.5) is 0 Å². The minimum Gasteiger partial charge on any atom is -0.466 e. The van der Waals surface area contributed by atoms with Gasteiger partial charge in [0.25, 0.3) is 0 Å². The van der Waals surface area contributed by atoms with E-state index >= 15 is 0 Å². The lowest BCUT2D eigenvalue weighted by atomic mass is 9.99. The number of ether oxygens (including phenoxy) is 3. The van der Waals surface area contributed by atoms with Crippen LogP contribution in [0.2, 0.25) is 0 Å². The van der Waals surface area contributed by atoms with Crippen molar-refractivity contribution in [2.24, 2.45) is 0 Å². The summed E-state index contributed by atoms with van der Waals surface area (Å²) in [6.07, 6.45) is 86.4. The highest BCUT2D eigenvalue weighted by atomic mass is 16.7. The van der Waals surface area contributed by atoms with Crippen LogP contribution in [0, 0.1) is 0 Å². The standard InChI is InChI=1S/C84H159NO10/c1-3-5-7-9-11-13-15-16-17-18-43-46-49-52-56-60-64-68-72-80(89)93-73-69-65-61-57-53-50-47-44-41-39-37-35-33-31-29-27-25-23-21-19-20-22-24-26-28-30-32-34-36-38-40-42-45-48-51-55-59-63-67-71-79(88)85-76(75-94-84-83(92)82(91)81(90)78(74-86)95-84)77(87)70-66-62-58-54-14-12-10-8-6-4-2/h17-20,66,70,76-78,81-84,86-87,90-92H,3-16,21-65,67-69,71-75H2,1-2H3,(H,85,88)/b18-17-,20-19-,70-66+. The molecule has 1 saturated heterocycles. The summed E-state index contributed by atoms with van der Waals surface area (Å²) < 4.78 is 16.8. The second-order valence-electron chi connectivity index (χ2n) is 29.2. The molecule has 7 atom stereocenters. The molecule has 6 N–H and O–H groups in total. The minimum atomic E-state index is -1.57. The van der Waals surface area contributed by atoms with Crippen molar-refractivity contribution in [3.8, 4) is 0 Å². The first-order valence-electron chi connectivity index (χ1n) is 41.8. The fraction of sp³-hybridized carbons (Fsp3) is 0.905. The van der Waals surface area contributed by atoms with Gasteiger partial charge in [-0.05, 0) is 83.5 Å². The van der Waals surface area contributed by atoms with E-state index < -0.39 is 49.5 Å². The Morgan fingerprint density at radius 1 is 0.379 bits per heavy atom. The molecule has 1 fully saturated rings. The average Bonchev–Trinajstić information content (AvgIpc) is 0.836. The number of nitrogens with one attached hydrogen (secondary N) is 1. The Kier molecular flexibility index (Phi) is 69.9. The number of esters is 1. The van der Waals surface area contributed by atoms with Crippen LogP contribution in [0.1, 0.15) is 425 Å². The molecule has 1 heterocycles. The molecule has 1 aliphatic heterocycles. The molecule has 560 valence electrons. The van der Waals surface area contributed by atoms with Crippen LogP contribution in [0.15, 0.2) is 36.5 Å². The largest absolute Gasteiger partial charge is 0.466 e. The van der Waals surface area contributed by atoms with Gasteiger partial charge < -0.3 is 45.1 Å². The number of rotatable bonds is 75. The van der Waals surface area contributed by atoms with Gasteiger partial charge in [-0.2, -0.15) is 0 Å². The fourth-order valence-corrected chi connectivity index (χ4v) is 13.4. The quantitative estimate of drug-likeness (QED) is 0.0195. The minimum absolute atomic E-state index is 0.0146. The first-order valence-corrected chi connectivity index (χ1v) is 41.8. The Labute approximate surface area is 587 Å². The van der Waals surface area contributed by atoms with Crippen LogP contribution >= 0.6 is 0 Å². The second kappa shape index (κ2) is 73.1. The first kappa shape index (κ1) is 90.9. The number of aliphatic hydroxyl groups excluding tert-OH is 5. The van der Waals surface area contributed by atoms with Crippen LogP contribution in [-0.2, 0) is 23.8 Å². The number of unbranched alkanes of at least 4 members (excludes halogenated alkanes) is 57. The number of aliphatic hydroxyl groups is 5. The molecular formula is C84H159NO10. The van der Waals surface area contributed by atoms with Crippen molar-refractivity contribution in [2.45, 2.75) is 468 Å². The summed E-state index contributed by atoms with van der Waals surface area (Å²) in [7, 11) is 0. The molecule has 0 aromatic heterocycles. The number of amides is 1. The third kappa shape index (κ3) is 61.5. The van der Waals surface area contributed by atoms with Gasteiger partial charge in [-0.1, -0.05) is 365 Å². The zero-order chi connectivity index (χ0) is 68.6. The molecule has 11 heteroatoms. The molecular weight excluding hydrogens is 1180 g/mol. The summed E-state index contributed by atoms with van der Waals surface area (Å²) in [6.45, 7) is 4.38. The Bertz CT molecular complexity index is 1670. The molecule has 0 bridgehead atoms. The number of carbonyl (C=O) groups is 2. The molecule has 0 radical (unpaired) electrons. The maximum Gasteiger partial charge on any atom is 0.305 e.